The first kappa shape index (κ1) is 23.5. The van der Waals surface area contributed by atoms with E-state index in [1.54, 1.807) is 12.1 Å². The van der Waals surface area contributed by atoms with Crippen LogP contribution in [-0.2, 0) is 12.8 Å². The predicted octanol–water partition coefficient (Wildman–Crippen LogP) is 5.87. The highest BCUT2D eigenvalue weighted by molar-refractivity contribution is 7.15. The Bertz CT molecular complexity index is 1080. The Balaban J connectivity index is 1.58. The van der Waals surface area contributed by atoms with Crippen molar-refractivity contribution in [3.05, 3.63) is 64.6 Å². The molecule has 7 heteroatoms. The molecule has 0 spiro atoms. The van der Waals surface area contributed by atoms with Gasteiger partial charge in [-0.3, -0.25) is 4.79 Å². The second kappa shape index (κ2) is 10.5. The van der Waals surface area contributed by atoms with E-state index in [0.29, 0.717) is 11.6 Å². The van der Waals surface area contributed by atoms with Gasteiger partial charge in [-0.25, -0.2) is 19.3 Å². The van der Waals surface area contributed by atoms with Crippen LogP contribution in [0.25, 0.3) is 10.4 Å². The fourth-order valence-electron chi connectivity index (χ4n) is 4.73. The molecule has 5 nitrogen and oxygen atoms in total. The molecule has 1 aliphatic heterocycles. The summed E-state index contributed by atoms with van der Waals surface area (Å²) in [5.74, 6) is 0.969. The summed E-state index contributed by atoms with van der Waals surface area (Å²) in [5, 5.41) is 0.836. The number of piperidine rings is 1. The van der Waals surface area contributed by atoms with Gasteiger partial charge in [0.15, 0.2) is 0 Å². The molecule has 1 saturated heterocycles. The molecule has 33 heavy (non-hydrogen) atoms. The zero-order valence-corrected chi connectivity index (χ0v) is 20.4. The highest BCUT2D eigenvalue weighted by atomic mass is 32.1. The Morgan fingerprint density at radius 3 is 2.58 bits per heavy atom. The van der Waals surface area contributed by atoms with E-state index in [-0.39, 0.29) is 17.8 Å². The van der Waals surface area contributed by atoms with Gasteiger partial charge in [0, 0.05) is 31.4 Å². The molecule has 1 aliphatic rings. The molecule has 4 rings (SSSR count). The van der Waals surface area contributed by atoms with E-state index in [2.05, 4.69) is 28.8 Å². The normalized spacial score (nSPS) is 18.5. The van der Waals surface area contributed by atoms with Crippen molar-refractivity contribution in [2.75, 3.05) is 6.54 Å². The van der Waals surface area contributed by atoms with E-state index in [4.69, 9.17) is 0 Å². The van der Waals surface area contributed by atoms with Crippen molar-refractivity contribution in [3.63, 3.8) is 0 Å². The van der Waals surface area contributed by atoms with Crippen molar-refractivity contribution in [1.82, 2.24) is 19.9 Å². The van der Waals surface area contributed by atoms with Crippen LogP contribution < -0.4 is 0 Å². The first-order valence-electron chi connectivity index (χ1n) is 11.8. The number of nitrogens with zero attached hydrogens (tertiary/aromatic N) is 4. The number of amides is 1. The number of rotatable bonds is 7. The lowest BCUT2D eigenvalue weighted by Gasteiger charge is -2.41. The number of carbonyl (C=O) groups is 1. The van der Waals surface area contributed by atoms with Gasteiger partial charge in [0.25, 0.3) is 5.91 Å². The number of hydrogen-bond acceptors (Lipinski definition) is 5. The average molecular weight is 467 g/mol. The Labute approximate surface area is 199 Å². The van der Waals surface area contributed by atoms with Crippen LogP contribution in [0.5, 0.6) is 0 Å². The maximum atomic E-state index is 13.8. The molecule has 2 aromatic heterocycles. The lowest BCUT2D eigenvalue weighted by molar-refractivity contribution is 0.0464. The number of benzene rings is 1. The Hall–Kier alpha value is -2.67. The summed E-state index contributed by atoms with van der Waals surface area (Å²) in [6.07, 6.45) is 9.46. The van der Waals surface area contributed by atoms with E-state index in [1.165, 1.54) is 23.5 Å². The van der Waals surface area contributed by atoms with Crippen molar-refractivity contribution >= 4 is 17.2 Å². The lowest BCUT2D eigenvalue weighted by atomic mass is 9.84. The quantitative estimate of drug-likeness (QED) is 0.437. The summed E-state index contributed by atoms with van der Waals surface area (Å²) >= 11 is 1.49. The van der Waals surface area contributed by atoms with Crippen LogP contribution in [0, 0.1) is 18.7 Å². The van der Waals surface area contributed by atoms with E-state index < -0.39 is 0 Å². The van der Waals surface area contributed by atoms with Crippen molar-refractivity contribution in [2.45, 2.75) is 65.3 Å². The van der Waals surface area contributed by atoms with Crippen molar-refractivity contribution in [3.8, 4) is 10.4 Å². The van der Waals surface area contributed by atoms with E-state index in [0.717, 1.165) is 71.9 Å². The largest absolute Gasteiger partial charge is 0.334 e. The molecule has 0 bridgehead atoms. The first-order chi connectivity index (χ1) is 16.0. The zero-order valence-electron chi connectivity index (χ0n) is 19.6. The third-order valence-corrected chi connectivity index (χ3v) is 7.60. The number of aromatic nitrogens is 3. The molecular weight excluding hydrogens is 435 g/mol. The zero-order chi connectivity index (χ0) is 23.4. The summed E-state index contributed by atoms with van der Waals surface area (Å²) in [5.41, 5.74) is 2.44. The molecule has 0 N–H and O–H groups in total. The molecular formula is C26H31FN4OS. The highest BCUT2D eigenvalue weighted by Crippen LogP contribution is 2.35. The first-order valence-corrected chi connectivity index (χ1v) is 12.7. The van der Waals surface area contributed by atoms with Gasteiger partial charge >= 0.3 is 0 Å². The van der Waals surface area contributed by atoms with E-state index in [1.807, 2.05) is 24.2 Å². The van der Waals surface area contributed by atoms with Gasteiger partial charge in [-0.15, -0.1) is 11.3 Å². The van der Waals surface area contributed by atoms with Gasteiger partial charge in [0.2, 0.25) is 0 Å². The average Bonchev–Trinajstić information content (AvgIpc) is 3.24. The number of likely N-dealkylation sites (tertiary alicyclic amines) is 1. The van der Waals surface area contributed by atoms with E-state index in [9.17, 15) is 9.18 Å². The molecule has 1 amide bonds. The molecule has 0 radical (unpaired) electrons. The molecule has 0 unspecified atom stereocenters. The monoisotopic (exact) mass is 466 g/mol. The molecule has 1 fully saturated rings. The van der Waals surface area contributed by atoms with Crippen LogP contribution in [0.2, 0.25) is 0 Å². The molecule has 3 heterocycles. The smallest absolute Gasteiger partial charge is 0.274 e. The molecule has 0 aliphatic carbocycles. The Morgan fingerprint density at radius 1 is 1.18 bits per heavy atom. The Morgan fingerprint density at radius 2 is 1.91 bits per heavy atom. The number of aryl methyl sites for hydroxylation is 3. The van der Waals surface area contributed by atoms with Crippen LogP contribution >= 0.6 is 11.3 Å². The summed E-state index contributed by atoms with van der Waals surface area (Å²) in [6, 6.07) is 6.44. The van der Waals surface area contributed by atoms with Gasteiger partial charge in [-0.1, -0.05) is 32.4 Å². The fraction of sp³-hybridized carbons (Fsp3) is 0.462. The van der Waals surface area contributed by atoms with Gasteiger partial charge in [-0.05, 0) is 61.8 Å². The van der Waals surface area contributed by atoms with E-state index >= 15 is 0 Å². The van der Waals surface area contributed by atoms with Crippen LogP contribution in [0.1, 0.15) is 66.4 Å². The molecule has 2 atom stereocenters. The fourth-order valence-corrected chi connectivity index (χ4v) is 5.65. The minimum absolute atomic E-state index is 0.0240. The van der Waals surface area contributed by atoms with Crippen molar-refractivity contribution < 1.29 is 9.18 Å². The van der Waals surface area contributed by atoms with Gasteiger partial charge in [0.1, 0.15) is 17.3 Å². The minimum Gasteiger partial charge on any atom is -0.334 e. The van der Waals surface area contributed by atoms with Gasteiger partial charge in [0.05, 0.1) is 9.88 Å². The van der Waals surface area contributed by atoms with Crippen molar-refractivity contribution in [1.29, 1.82) is 0 Å². The van der Waals surface area contributed by atoms with Crippen LogP contribution in [0.4, 0.5) is 4.39 Å². The summed E-state index contributed by atoms with van der Waals surface area (Å²) in [7, 11) is 0. The molecule has 174 valence electrons. The SMILES string of the molecule is CCc1cnc(CC[C@@H]2[C@H](CC)CCCN2C(=O)c2nc(C)sc2-c2ccc(F)cc2)nc1. The molecule has 0 saturated carbocycles. The maximum absolute atomic E-state index is 13.8. The number of halogens is 1. The van der Waals surface area contributed by atoms with Crippen LogP contribution in [-0.4, -0.2) is 38.3 Å². The minimum atomic E-state index is -0.288. The maximum Gasteiger partial charge on any atom is 0.274 e. The third kappa shape index (κ3) is 5.29. The second-order valence-corrected chi connectivity index (χ2v) is 9.90. The van der Waals surface area contributed by atoms with Crippen molar-refractivity contribution in [2.24, 2.45) is 5.92 Å². The second-order valence-electron chi connectivity index (χ2n) is 8.69. The molecule has 3 aromatic rings. The standard InChI is InChI=1S/C26H31FN4OS/c1-4-18-15-28-23(29-16-18)13-12-22-19(5-2)7-6-14-31(22)26(32)24-25(33-17(3)30-24)20-8-10-21(27)11-9-20/h8-11,15-16,19,22H,4-7,12-14H2,1-3H3/t19-,22-/m1/s1. The topological polar surface area (TPSA) is 59.0 Å². The van der Waals surface area contributed by atoms with Crippen LogP contribution in [0.3, 0.4) is 0 Å². The lowest BCUT2D eigenvalue weighted by Crippen LogP contribution is -2.48. The van der Waals surface area contributed by atoms with Gasteiger partial charge < -0.3 is 4.90 Å². The summed E-state index contributed by atoms with van der Waals surface area (Å²) in [6.45, 7) is 6.94. The Kier molecular flexibility index (Phi) is 7.48. The number of hydrogen-bond donors (Lipinski definition) is 0. The summed E-state index contributed by atoms with van der Waals surface area (Å²) < 4.78 is 13.5. The molecule has 1 aromatic carbocycles. The third-order valence-electron chi connectivity index (χ3n) is 6.58. The number of thiazole rings is 1. The van der Waals surface area contributed by atoms with Crippen LogP contribution in [0.15, 0.2) is 36.7 Å². The number of carbonyl (C=O) groups excluding carboxylic acids is 1. The predicted molar refractivity (Wildman–Crippen MR) is 130 cm³/mol. The highest BCUT2D eigenvalue weighted by Gasteiger charge is 2.35. The van der Waals surface area contributed by atoms with Gasteiger partial charge in [-0.2, -0.15) is 0 Å². The summed E-state index contributed by atoms with van der Waals surface area (Å²) in [4.78, 5) is 30.3.